The van der Waals surface area contributed by atoms with Crippen LogP contribution in [0.4, 0.5) is 0 Å². The Labute approximate surface area is 124 Å². The first kappa shape index (κ1) is 15.0. The molecular formula is C18H18O3. The standard InChI is InChI=1S/C18H18O3/c1-13-8-9-14(2)18(10-13)21-12-16(19)11-17(20)15-6-4-3-5-7-15/h3-10H,11-12H2,1-2H3. The first-order valence-corrected chi connectivity index (χ1v) is 6.86. The van der Waals surface area contributed by atoms with Gasteiger partial charge in [0.05, 0.1) is 6.42 Å². The fourth-order valence-electron chi connectivity index (χ4n) is 1.98. The van der Waals surface area contributed by atoms with E-state index in [1.54, 1.807) is 24.3 Å². The van der Waals surface area contributed by atoms with Crippen molar-refractivity contribution in [2.24, 2.45) is 0 Å². The lowest BCUT2D eigenvalue weighted by molar-refractivity contribution is -0.120. The van der Waals surface area contributed by atoms with Crippen LogP contribution in [0.1, 0.15) is 27.9 Å². The summed E-state index contributed by atoms with van der Waals surface area (Å²) in [7, 11) is 0. The Bertz CT molecular complexity index is 645. The number of Topliss-reactive ketones (excluding diaryl/α,β-unsaturated/α-hetero) is 2. The van der Waals surface area contributed by atoms with E-state index >= 15 is 0 Å². The predicted molar refractivity (Wildman–Crippen MR) is 81.8 cm³/mol. The van der Waals surface area contributed by atoms with Crippen LogP contribution in [0.15, 0.2) is 48.5 Å². The third-order valence-corrected chi connectivity index (χ3v) is 3.19. The number of ketones is 2. The third kappa shape index (κ3) is 4.28. The molecule has 0 radical (unpaired) electrons. The zero-order valence-corrected chi connectivity index (χ0v) is 12.3. The van der Waals surface area contributed by atoms with Crippen LogP contribution in [0.3, 0.4) is 0 Å². The van der Waals surface area contributed by atoms with Crippen LogP contribution in [0.5, 0.6) is 5.75 Å². The van der Waals surface area contributed by atoms with Crippen molar-refractivity contribution in [3.8, 4) is 5.75 Å². The first-order chi connectivity index (χ1) is 10.1. The van der Waals surface area contributed by atoms with Crippen molar-refractivity contribution in [3.63, 3.8) is 0 Å². The Morgan fingerprint density at radius 2 is 1.71 bits per heavy atom. The van der Waals surface area contributed by atoms with Crippen molar-refractivity contribution in [3.05, 3.63) is 65.2 Å². The number of hydrogen-bond donors (Lipinski definition) is 0. The topological polar surface area (TPSA) is 43.4 Å². The number of aryl methyl sites for hydroxylation is 2. The molecule has 0 saturated heterocycles. The van der Waals surface area contributed by atoms with E-state index < -0.39 is 0 Å². The fraction of sp³-hybridized carbons (Fsp3) is 0.222. The van der Waals surface area contributed by atoms with Crippen LogP contribution in [-0.2, 0) is 4.79 Å². The smallest absolute Gasteiger partial charge is 0.177 e. The van der Waals surface area contributed by atoms with E-state index in [0.29, 0.717) is 11.3 Å². The van der Waals surface area contributed by atoms with E-state index in [9.17, 15) is 9.59 Å². The number of carbonyl (C=O) groups is 2. The van der Waals surface area contributed by atoms with Crippen LogP contribution in [0.2, 0.25) is 0 Å². The molecule has 0 unspecified atom stereocenters. The van der Waals surface area contributed by atoms with Gasteiger partial charge in [-0.1, -0.05) is 42.5 Å². The van der Waals surface area contributed by atoms with Gasteiger partial charge in [0.25, 0.3) is 0 Å². The second-order valence-corrected chi connectivity index (χ2v) is 5.06. The van der Waals surface area contributed by atoms with Crippen molar-refractivity contribution in [2.75, 3.05) is 6.61 Å². The minimum absolute atomic E-state index is 0.0805. The summed E-state index contributed by atoms with van der Waals surface area (Å²) < 4.78 is 5.51. The molecule has 3 nitrogen and oxygen atoms in total. The molecule has 2 aromatic carbocycles. The van der Waals surface area contributed by atoms with Gasteiger partial charge in [-0.3, -0.25) is 9.59 Å². The number of benzene rings is 2. The van der Waals surface area contributed by atoms with Gasteiger partial charge in [0.1, 0.15) is 12.4 Å². The van der Waals surface area contributed by atoms with Crippen LogP contribution in [0, 0.1) is 13.8 Å². The van der Waals surface area contributed by atoms with Gasteiger partial charge in [-0.25, -0.2) is 0 Å². The van der Waals surface area contributed by atoms with Crippen molar-refractivity contribution in [1.82, 2.24) is 0 Å². The van der Waals surface area contributed by atoms with E-state index in [0.717, 1.165) is 11.1 Å². The van der Waals surface area contributed by atoms with E-state index in [4.69, 9.17) is 4.74 Å². The summed E-state index contributed by atoms with van der Waals surface area (Å²) in [6, 6.07) is 14.6. The van der Waals surface area contributed by atoms with Gasteiger partial charge in [-0.15, -0.1) is 0 Å². The Balaban J connectivity index is 1.91. The molecule has 3 heteroatoms. The SMILES string of the molecule is Cc1ccc(C)c(OCC(=O)CC(=O)c2ccccc2)c1. The van der Waals surface area contributed by atoms with E-state index in [2.05, 4.69) is 0 Å². The highest BCUT2D eigenvalue weighted by Crippen LogP contribution is 2.19. The molecule has 0 aliphatic carbocycles. The second kappa shape index (κ2) is 6.84. The largest absolute Gasteiger partial charge is 0.486 e. The number of rotatable bonds is 6. The Hall–Kier alpha value is -2.42. The zero-order chi connectivity index (χ0) is 15.2. The van der Waals surface area contributed by atoms with Crippen molar-refractivity contribution < 1.29 is 14.3 Å². The Kier molecular flexibility index (Phi) is 4.88. The molecule has 0 N–H and O–H groups in total. The van der Waals surface area contributed by atoms with Crippen molar-refractivity contribution >= 4 is 11.6 Å². The Morgan fingerprint density at radius 3 is 2.43 bits per heavy atom. The molecular weight excluding hydrogens is 264 g/mol. The van der Waals surface area contributed by atoms with E-state index in [1.165, 1.54) is 0 Å². The molecule has 0 fully saturated rings. The monoisotopic (exact) mass is 282 g/mol. The highest BCUT2D eigenvalue weighted by atomic mass is 16.5. The summed E-state index contributed by atoms with van der Waals surface area (Å²) in [4.78, 5) is 23.8. The first-order valence-electron chi connectivity index (χ1n) is 6.86. The predicted octanol–water partition coefficient (Wildman–Crippen LogP) is 3.52. The number of hydrogen-bond acceptors (Lipinski definition) is 3. The highest BCUT2D eigenvalue weighted by molar-refractivity contribution is 6.08. The summed E-state index contributed by atoms with van der Waals surface area (Å²) in [6.45, 7) is 3.81. The molecule has 0 atom stereocenters. The zero-order valence-electron chi connectivity index (χ0n) is 12.3. The lowest BCUT2D eigenvalue weighted by atomic mass is 10.1. The average Bonchev–Trinajstić information content (AvgIpc) is 2.49. The molecule has 0 bridgehead atoms. The molecule has 0 heterocycles. The van der Waals surface area contributed by atoms with Gasteiger partial charge >= 0.3 is 0 Å². The molecule has 0 spiro atoms. The maximum Gasteiger partial charge on any atom is 0.177 e. The van der Waals surface area contributed by atoms with Gasteiger partial charge in [0.2, 0.25) is 0 Å². The van der Waals surface area contributed by atoms with E-state index in [1.807, 2.05) is 38.1 Å². The second-order valence-electron chi connectivity index (χ2n) is 5.06. The minimum Gasteiger partial charge on any atom is -0.486 e. The van der Waals surface area contributed by atoms with Crippen molar-refractivity contribution in [1.29, 1.82) is 0 Å². The maximum absolute atomic E-state index is 11.9. The lowest BCUT2D eigenvalue weighted by Gasteiger charge is -2.09. The molecule has 21 heavy (non-hydrogen) atoms. The average molecular weight is 282 g/mol. The van der Waals surface area contributed by atoms with E-state index in [-0.39, 0.29) is 24.6 Å². The molecule has 0 aliphatic rings. The van der Waals surface area contributed by atoms with Crippen LogP contribution < -0.4 is 4.74 Å². The summed E-state index contributed by atoms with van der Waals surface area (Å²) in [6.07, 6.45) is -0.130. The molecule has 0 aromatic heterocycles. The van der Waals surface area contributed by atoms with Gasteiger partial charge in [-0.05, 0) is 31.0 Å². The molecule has 2 aromatic rings. The molecule has 0 saturated carbocycles. The van der Waals surface area contributed by atoms with Gasteiger partial charge < -0.3 is 4.74 Å². The summed E-state index contributed by atoms with van der Waals surface area (Å²) in [5, 5.41) is 0. The minimum atomic E-state index is -0.218. The Morgan fingerprint density at radius 1 is 1.00 bits per heavy atom. The fourth-order valence-corrected chi connectivity index (χ4v) is 1.98. The van der Waals surface area contributed by atoms with Crippen LogP contribution >= 0.6 is 0 Å². The molecule has 2 rings (SSSR count). The third-order valence-electron chi connectivity index (χ3n) is 3.19. The van der Waals surface area contributed by atoms with Gasteiger partial charge in [0.15, 0.2) is 11.6 Å². The maximum atomic E-state index is 11.9. The quantitative estimate of drug-likeness (QED) is 0.601. The number of ether oxygens (including phenoxy) is 1. The number of carbonyl (C=O) groups excluding carboxylic acids is 2. The molecule has 0 amide bonds. The summed E-state index contributed by atoms with van der Waals surface area (Å²) in [5.74, 6) is 0.297. The van der Waals surface area contributed by atoms with Gasteiger partial charge in [0, 0.05) is 5.56 Å². The van der Waals surface area contributed by atoms with Crippen LogP contribution in [0.25, 0.3) is 0 Å². The van der Waals surface area contributed by atoms with Gasteiger partial charge in [-0.2, -0.15) is 0 Å². The summed E-state index contributed by atoms with van der Waals surface area (Å²) in [5.41, 5.74) is 2.60. The van der Waals surface area contributed by atoms with Crippen LogP contribution in [-0.4, -0.2) is 18.2 Å². The molecule has 0 aliphatic heterocycles. The highest BCUT2D eigenvalue weighted by Gasteiger charge is 2.12. The normalized spacial score (nSPS) is 10.2. The molecule has 108 valence electrons. The lowest BCUT2D eigenvalue weighted by Crippen LogP contribution is -2.16. The van der Waals surface area contributed by atoms with Crippen molar-refractivity contribution in [2.45, 2.75) is 20.3 Å². The summed E-state index contributed by atoms with van der Waals surface area (Å²) >= 11 is 0.